The molecule has 1 saturated heterocycles. The normalized spacial score (nSPS) is 23.5. The van der Waals surface area contributed by atoms with Crippen molar-refractivity contribution >= 4 is 11.6 Å². The van der Waals surface area contributed by atoms with Gasteiger partial charge in [-0.1, -0.05) is 6.07 Å². The molecule has 4 nitrogen and oxygen atoms in total. The fourth-order valence-electron chi connectivity index (χ4n) is 2.63. The molecule has 1 heterocycles. The van der Waals surface area contributed by atoms with E-state index in [0.717, 1.165) is 18.5 Å². The summed E-state index contributed by atoms with van der Waals surface area (Å²) in [6.45, 7) is 4.17. The summed E-state index contributed by atoms with van der Waals surface area (Å²) in [6, 6.07) is 4.46. The van der Waals surface area contributed by atoms with Crippen LogP contribution in [-0.4, -0.2) is 30.9 Å². The minimum atomic E-state index is -0.344. The van der Waals surface area contributed by atoms with Crippen LogP contribution in [0, 0.1) is 11.2 Å². The summed E-state index contributed by atoms with van der Waals surface area (Å²) in [7, 11) is 1.66. The second kappa shape index (κ2) is 5.17. The van der Waals surface area contributed by atoms with Crippen LogP contribution in [0.2, 0.25) is 0 Å². The molecule has 3 N–H and O–H groups in total. The van der Waals surface area contributed by atoms with Gasteiger partial charge in [0, 0.05) is 25.8 Å². The van der Waals surface area contributed by atoms with E-state index in [1.807, 2.05) is 6.92 Å². The van der Waals surface area contributed by atoms with Gasteiger partial charge in [0.1, 0.15) is 5.82 Å². The van der Waals surface area contributed by atoms with Crippen LogP contribution in [0.3, 0.4) is 0 Å². The molecule has 1 unspecified atom stereocenters. The highest BCUT2D eigenvalue weighted by atomic mass is 19.1. The van der Waals surface area contributed by atoms with E-state index in [4.69, 9.17) is 5.73 Å². The fourth-order valence-corrected chi connectivity index (χ4v) is 2.63. The maximum Gasteiger partial charge on any atom is 0.227 e. The van der Waals surface area contributed by atoms with Crippen molar-refractivity contribution in [2.24, 2.45) is 5.41 Å². The minimum absolute atomic E-state index is 0.0714. The molecule has 1 atom stereocenters. The van der Waals surface area contributed by atoms with Gasteiger partial charge in [-0.15, -0.1) is 0 Å². The first-order valence-corrected chi connectivity index (χ1v) is 6.43. The number of nitrogens with zero attached hydrogens (tertiary/aromatic N) is 1. The van der Waals surface area contributed by atoms with Crippen LogP contribution in [0.1, 0.15) is 18.9 Å². The lowest BCUT2D eigenvalue weighted by Crippen LogP contribution is -2.39. The molecule has 1 aliphatic heterocycles. The fraction of sp³-hybridized carbons (Fsp3) is 0.500. The number of halogens is 1. The number of likely N-dealkylation sites (tertiary alicyclic amines) is 1. The van der Waals surface area contributed by atoms with Gasteiger partial charge in [0.15, 0.2) is 0 Å². The number of nitrogen functional groups attached to an aromatic ring is 1. The van der Waals surface area contributed by atoms with E-state index < -0.39 is 0 Å². The van der Waals surface area contributed by atoms with Crippen molar-refractivity contribution in [3.05, 3.63) is 29.6 Å². The highest BCUT2D eigenvalue weighted by molar-refractivity contribution is 5.82. The van der Waals surface area contributed by atoms with Gasteiger partial charge in [0.25, 0.3) is 0 Å². The Morgan fingerprint density at radius 2 is 2.32 bits per heavy atom. The standard InChI is InChI=1S/C14H20FN3O/c1-14(13(19)17-2)5-6-18(9-14)8-10-3-4-11(15)7-12(10)16/h3-4,7H,5-6,8-9,16H2,1-2H3,(H,17,19). The van der Waals surface area contributed by atoms with Gasteiger partial charge in [-0.2, -0.15) is 0 Å². The van der Waals surface area contributed by atoms with Crippen molar-refractivity contribution in [1.29, 1.82) is 0 Å². The SMILES string of the molecule is CNC(=O)C1(C)CCN(Cc2ccc(F)cc2N)C1. The zero-order valence-corrected chi connectivity index (χ0v) is 11.4. The number of anilines is 1. The number of nitrogens with two attached hydrogens (primary N) is 1. The molecular formula is C14H20FN3O. The Labute approximate surface area is 112 Å². The summed E-state index contributed by atoms with van der Waals surface area (Å²) >= 11 is 0. The zero-order chi connectivity index (χ0) is 14.0. The van der Waals surface area contributed by atoms with Crippen molar-refractivity contribution in [1.82, 2.24) is 10.2 Å². The highest BCUT2D eigenvalue weighted by Crippen LogP contribution is 2.31. The number of amides is 1. The quantitative estimate of drug-likeness (QED) is 0.811. The topological polar surface area (TPSA) is 58.4 Å². The maximum absolute atomic E-state index is 13.0. The van der Waals surface area contributed by atoms with E-state index in [0.29, 0.717) is 18.8 Å². The second-order valence-electron chi connectivity index (χ2n) is 5.44. The minimum Gasteiger partial charge on any atom is -0.398 e. The number of hydrogen-bond donors (Lipinski definition) is 2. The molecule has 0 saturated carbocycles. The molecule has 1 aromatic carbocycles. The number of rotatable bonds is 3. The average Bonchev–Trinajstić information content (AvgIpc) is 2.75. The molecule has 1 amide bonds. The third-order valence-electron chi connectivity index (χ3n) is 3.83. The van der Waals surface area contributed by atoms with Gasteiger partial charge >= 0.3 is 0 Å². The van der Waals surface area contributed by atoms with Crippen LogP contribution < -0.4 is 11.1 Å². The number of hydrogen-bond acceptors (Lipinski definition) is 3. The summed E-state index contributed by atoms with van der Waals surface area (Å²) in [4.78, 5) is 14.0. The molecule has 1 aromatic rings. The molecule has 5 heteroatoms. The molecule has 0 aromatic heterocycles. The maximum atomic E-state index is 13.0. The number of carbonyl (C=O) groups excluding carboxylic acids is 1. The van der Waals surface area contributed by atoms with Crippen molar-refractivity contribution in [3.8, 4) is 0 Å². The molecule has 104 valence electrons. The third-order valence-corrected chi connectivity index (χ3v) is 3.83. The van der Waals surface area contributed by atoms with E-state index in [9.17, 15) is 9.18 Å². The van der Waals surface area contributed by atoms with E-state index in [1.54, 1.807) is 13.1 Å². The molecule has 19 heavy (non-hydrogen) atoms. The van der Waals surface area contributed by atoms with Gasteiger partial charge in [0.2, 0.25) is 5.91 Å². The Morgan fingerprint density at radius 3 is 2.95 bits per heavy atom. The molecule has 1 fully saturated rings. The molecule has 0 aliphatic carbocycles. The molecule has 0 radical (unpaired) electrons. The summed E-state index contributed by atoms with van der Waals surface area (Å²) < 4.78 is 13.0. The highest BCUT2D eigenvalue weighted by Gasteiger charge is 2.39. The van der Waals surface area contributed by atoms with Crippen molar-refractivity contribution in [3.63, 3.8) is 0 Å². The van der Waals surface area contributed by atoms with E-state index >= 15 is 0 Å². The molecular weight excluding hydrogens is 245 g/mol. The van der Waals surface area contributed by atoms with Gasteiger partial charge < -0.3 is 11.1 Å². The van der Waals surface area contributed by atoms with Crippen LogP contribution in [0.15, 0.2) is 18.2 Å². The second-order valence-corrected chi connectivity index (χ2v) is 5.44. The molecule has 0 bridgehead atoms. The van der Waals surface area contributed by atoms with Crippen LogP contribution in [0.25, 0.3) is 0 Å². The predicted molar refractivity (Wildman–Crippen MR) is 72.9 cm³/mol. The summed E-state index contributed by atoms with van der Waals surface area (Å²) in [6.07, 6.45) is 0.827. The molecule has 0 spiro atoms. The van der Waals surface area contributed by atoms with Crippen LogP contribution in [0.4, 0.5) is 10.1 Å². The smallest absolute Gasteiger partial charge is 0.227 e. The summed E-state index contributed by atoms with van der Waals surface area (Å²) in [5, 5.41) is 2.71. The lowest BCUT2D eigenvalue weighted by atomic mass is 9.89. The summed E-state index contributed by atoms with van der Waals surface area (Å²) in [5.74, 6) is -0.250. The Hall–Kier alpha value is -1.62. The Kier molecular flexibility index (Phi) is 3.75. The van der Waals surface area contributed by atoms with E-state index in [1.165, 1.54) is 12.1 Å². The number of carbonyl (C=O) groups is 1. The monoisotopic (exact) mass is 265 g/mol. The largest absolute Gasteiger partial charge is 0.398 e. The summed E-state index contributed by atoms with van der Waals surface area (Å²) in [5.41, 5.74) is 6.83. The first-order chi connectivity index (χ1) is 8.94. The van der Waals surface area contributed by atoms with Crippen molar-refractivity contribution in [2.75, 3.05) is 25.9 Å². The van der Waals surface area contributed by atoms with E-state index in [2.05, 4.69) is 10.2 Å². The first-order valence-electron chi connectivity index (χ1n) is 6.43. The van der Waals surface area contributed by atoms with Crippen molar-refractivity contribution in [2.45, 2.75) is 19.9 Å². The van der Waals surface area contributed by atoms with Gasteiger partial charge in [-0.3, -0.25) is 9.69 Å². The zero-order valence-electron chi connectivity index (χ0n) is 11.4. The lowest BCUT2D eigenvalue weighted by Gasteiger charge is -2.23. The van der Waals surface area contributed by atoms with Crippen LogP contribution in [-0.2, 0) is 11.3 Å². The van der Waals surface area contributed by atoms with Gasteiger partial charge in [-0.25, -0.2) is 4.39 Å². The van der Waals surface area contributed by atoms with Crippen molar-refractivity contribution < 1.29 is 9.18 Å². The predicted octanol–water partition coefficient (Wildman–Crippen LogP) is 1.37. The molecule has 2 rings (SSSR count). The Bertz CT molecular complexity index is 492. The average molecular weight is 265 g/mol. The number of benzene rings is 1. The van der Waals surface area contributed by atoms with Crippen LogP contribution in [0.5, 0.6) is 0 Å². The Balaban J connectivity index is 2.04. The lowest BCUT2D eigenvalue weighted by molar-refractivity contribution is -0.129. The van der Waals surface area contributed by atoms with Gasteiger partial charge in [-0.05, 0) is 37.6 Å². The third kappa shape index (κ3) is 2.87. The Morgan fingerprint density at radius 1 is 1.58 bits per heavy atom. The van der Waals surface area contributed by atoms with Gasteiger partial charge in [0.05, 0.1) is 5.41 Å². The number of nitrogens with one attached hydrogen (secondary N) is 1. The first kappa shape index (κ1) is 13.8. The van der Waals surface area contributed by atoms with E-state index in [-0.39, 0.29) is 17.1 Å². The molecule has 1 aliphatic rings. The van der Waals surface area contributed by atoms with Crippen LogP contribution >= 0.6 is 0 Å².